The highest BCUT2D eigenvalue weighted by molar-refractivity contribution is 7.13. The van der Waals surface area contributed by atoms with Crippen LogP contribution in [0.1, 0.15) is 52.7 Å². The van der Waals surface area contributed by atoms with Crippen molar-refractivity contribution >= 4 is 34.1 Å². The molecule has 0 unspecified atom stereocenters. The number of hydrogen-bond donors (Lipinski definition) is 1. The van der Waals surface area contributed by atoms with Crippen molar-refractivity contribution in [3.05, 3.63) is 11.1 Å². The summed E-state index contributed by atoms with van der Waals surface area (Å²) in [6.45, 7) is 7.20. The van der Waals surface area contributed by atoms with E-state index >= 15 is 0 Å². The van der Waals surface area contributed by atoms with Crippen LogP contribution in [0.2, 0.25) is 0 Å². The van der Waals surface area contributed by atoms with Gasteiger partial charge in [0, 0.05) is 18.2 Å². The van der Waals surface area contributed by atoms with Crippen molar-refractivity contribution in [3.63, 3.8) is 0 Å². The molecule has 0 amide bonds. The van der Waals surface area contributed by atoms with Crippen molar-refractivity contribution in [2.75, 3.05) is 12.3 Å². The Morgan fingerprint density at radius 3 is 2.52 bits per heavy atom. The van der Waals surface area contributed by atoms with Crippen molar-refractivity contribution < 1.29 is 23.9 Å². The van der Waals surface area contributed by atoms with Gasteiger partial charge in [-0.05, 0) is 34.1 Å². The van der Waals surface area contributed by atoms with Crippen LogP contribution >= 0.6 is 11.3 Å². The molecule has 138 valence electrons. The van der Waals surface area contributed by atoms with E-state index in [4.69, 9.17) is 20.0 Å². The smallest absolute Gasteiger partial charge is 0.362 e. The lowest BCUT2D eigenvalue weighted by atomic mass is 9.80. The van der Waals surface area contributed by atoms with Crippen molar-refractivity contribution in [1.29, 1.82) is 0 Å². The molecule has 1 aromatic heterocycles. The highest BCUT2D eigenvalue weighted by atomic mass is 32.1. The Morgan fingerprint density at radius 1 is 1.40 bits per heavy atom. The molecule has 1 aliphatic rings. The fraction of sp³-hybridized carbons (Fsp3) is 0.625. The predicted octanol–water partition coefficient (Wildman–Crippen LogP) is 2.27. The molecule has 0 spiro atoms. The molecule has 1 aromatic rings. The number of nitrogens with two attached hydrogens (primary N) is 1. The number of thiazole rings is 1. The SMILES string of the molecule is CCOC(=O)/C(=N\OC1(C(=O)OC(C)(C)C)CCC1)c1csc(N)n1. The zero-order chi connectivity index (χ0) is 18.7. The molecule has 1 fully saturated rings. The van der Waals surface area contributed by atoms with Crippen LogP contribution in [0.25, 0.3) is 0 Å². The number of ether oxygens (including phenoxy) is 2. The quantitative estimate of drug-likeness (QED) is 0.465. The van der Waals surface area contributed by atoms with E-state index in [-0.39, 0.29) is 23.1 Å². The van der Waals surface area contributed by atoms with Gasteiger partial charge >= 0.3 is 11.9 Å². The third-order valence-electron chi connectivity index (χ3n) is 3.48. The minimum atomic E-state index is -1.17. The zero-order valence-electron chi connectivity index (χ0n) is 14.8. The van der Waals surface area contributed by atoms with Gasteiger partial charge in [-0.2, -0.15) is 0 Å². The number of nitrogens with zero attached hydrogens (tertiary/aromatic N) is 2. The topological polar surface area (TPSA) is 113 Å². The first-order valence-corrected chi connectivity index (χ1v) is 8.93. The second kappa shape index (κ2) is 7.38. The Kier molecular flexibility index (Phi) is 5.66. The maximum Gasteiger partial charge on any atom is 0.362 e. The fourth-order valence-corrected chi connectivity index (χ4v) is 2.67. The average Bonchev–Trinajstić information content (AvgIpc) is 2.86. The highest BCUT2D eigenvalue weighted by Gasteiger charge is 2.50. The molecule has 0 aliphatic heterocycles. The summed E-state index contributed by atoms with van der Waals surface area (Å²) in [7, 11) is 0. The van der Waals surface area contributed by atoms with E-state index in [2.05, 4.69) is 10.1 Å². The third-order valence-corrected chi connectivity index (χ3v) is 4.15. The van der Waals surface area contributed by atoms with Crippen LogP contribution in [0.15, 0.2) is 10.5 Å². The van der Waals surface area contributed by atoms with Crippen LogP contribution in [0.3, 0.4) is 0 Å². The molecular formula is C16H23N3O5S. The maximum absolute atomic E-state index is 12.4. The summed E-state index contributed by atoms with van der Waals surface area (Å²) in [5.41, 5.74) is 3.93. The second-order valence-corrected chi connectivity index (χ2v) is 7.56. The normalized spacial score (nSPS) is 16.7. The molecule has 0 atom stereocenters. The van der Waals surface area contributed by atoms with Gasteiger partial charge < -0.3 is 20.0 Å². The van der Waals surface area contributed by atoms with Gasteiger partial charge in [-0.25, -0.2) is 14.6 Å². The van der Waals surface area contributed by atoms with Gasteiger partial charge in [0.2, 0.25) is 11.3 Å². The summed E-state index contributed by atoms with van der Waals surface area (Å²) in [6.07, 6.45) is 1.76. The molecule has 2 N–H and O–H groups in total. The van der Waals surface area contributed by atoms with E-state index in [1.54, 1.807) is 33.1 Å². The van der Waals surface area contributed by atoms with Gasteiger partial charge in [0.15, 0.2) is 5.13 Å². The van der Waals surface area contributed by atoms with E-state index in [9.17, 15) is 9.59 Å². The molecule has 25 heavy (non-hydrogen) atoms. The number of rotatable bonds is 6. The van der Waals surface area contributed by atoms with E-state index in [0.717, 1.165) is 6.42 Å². The van der Waals surface area contributed by atoms with Crippen LogP contribution in [0.5, 0.6) is 0 Å². The van der Waals surface area contributed by atoms with E-state index < -0.39 is 23.1 Å². The highest BCUT2D eigenvalue weighted by Crippen LogP contribution is 2.38. The number of esters is 2. The Labute approximate surface area is 150 Å². The summed E-state index contributed by atoms with van der Waals surface area (Å²) in [5.74, 6) is -1.18. The van der Waals surface area contributed by atoms with Gasteiger partial charge in [0.05, 0.1) is 6.61 Å². The first-order valence-electron chi connectivity index (χ1n) is 8.05. The Morgan fingerprint density at radius 2 is 2.08 bits per heavy atom. The number of hydrogen-bond acceptors (Lipinski definition) is 9. The number of carbonyl (C=O) groups is 2. The lowest BCUT2D eigenvalue weighted by Crippen LogP contribution is -2.50. The summed E-state index contributed by atoms with van der Waals surface area (Å²) in [6, 6.07) is 0. The molecule has 0 radical (unpaired) electrons. The standard InChI is InChI=1S/C16H23N3O5S/c1-5-22-12(20)11(10-9-25-14(17)18-10)19-24-16(7-6-8-16)13(21)23-15(2,3)4/h9H,5-8H2,1-4H3,(H2,17,18)/b19-11-. The van der Waals surface area contributed by atoms with Crippen molar-refractivity contribution in [2.24, 2.45) is 5.16 Å². The molecule has 2 rings (SSSR count). The van der Waals surface area contributed by atoms with Crippen LogP contribution in [0, 0.1) is 0 Å². The number of aromatic nitrogens is 1. The van der Waals surface area contributed by atoms with Gasteiger partial charge in [0.25, 0.3) is 0 Å². The summed E-state index contributed by atoms with van der Waals surface area (Å²) < 4.78 is 10.4. The summed E-state index contributed by atoms with van der Waals surface area (Å²) in [4.78, 5) is 34.1. The lowest BCUT2D eigenvalue weighted by molar-refractivity contribution is -0.196. The van der Waals surface area contributed by atoms with E-state index in [1.807, 2.05) is 0 Å². The number of oxime groups is 1. The van der Waals surface area contributed by atoms with Gasteiger partial charge in [-0.15, -0.1) is 11.3 Å². The zero-order valence-corrected chi connectivity index (χ0v) is 15.6. The second-order valence-electron chi connectivity index (χ2n) is 6.67. The monoisotopic (exact) mass is 369 g/mol. The molecule has 8 nitrogen and oxygen atoms in total. The first-order chi connectivity index (χ1) is 11.7. The van der Waals surface area contributed by atoms with Crippen LogP contribution in [-0.2, 0) is 23.9 Å². The molecule has 1 saturated carbocycles. The number of anilines is 1. The van der Waals surface area contributed by atoms with Crippen molar-refractivity contribution in [2.45, 2.75) is 58.2 Å². The van der Waals surface area contributed by atoms with Crippen LogP contribution in [-0.4, -0.2) is 40.4 Å². The largest absolute Gasteiger partial charge is 0.461 e. The lowest BCUT2D eigenvalue weighted by Gasteiger charge is -2.38. The fourth-order valence-electron chi connectivity index (χ4n) is 2.12. The first kappa shape index (κ1) is 19.2. The van der Waals surface area contributed by atoms with Gasteiger partial charge in [0.1, 0.15) is 11.3 Å². The van der Waals surface area contributed by atoms with Gasteiger partial charge in [-0.1, -0.05) is 5.16 Å². The summed E-state index contributed by atoms with van der Waals surface area (Å²) in [5, 5.41) is 5.77. The van der Waals surface area contributed by atoms with Crippen molar-refractivity contribution in [1.82, 2.24) is 4.98 Å². The Hall–Kier alpha value is -2.16. The number of carbonyl (C=O) groups excluding carboxylic acids is 2. The minimum Gasteiger partial charge on any atom is -0.461 e. The van der Waals surface area contributed by atoms with E-state index in [1.165, 1.54) is 11.3 Å². The molecule has 1 heterocycles. The predicted molar refractivity (Wildman–Crippen MR) is 93.2 cm³/mol. The van der Waals surface area contributed by atoms with Crippen LogP contribution < -0.4 is 5.73 Å². The van der Waals surface area contributed by atoms with Crippen molar-refractivity contribution in [3.8, 4) is 0 Å². The van der Waals surface area contributed by atoms with Crippen LogP contribution in [0.4, 0.5) is 5.13 Å². The number of nitrogen functional groups attached to an aromatic ring is 1. The molecular weight excluding hydrogens is 346 g/mol. The third kappa shape index (κ3) is 4.68. The Balaban J connectivity index is 2.23. The molecule has 0 bridgehead atoms. The molecule has 0 aromatic carbocycles. The maximum atomic E-state index is 12.4. The minimum absolute atomic E-state index is 0.121. The summed E-state index contributed by atoms with van der Waals surface area (Å²) >= 11 is 1.17. The van der Waals surface area contributed by atoms with Gasteiger partial charge in [-0.3, -0.25) is 0 Å². The van der Waals surface area contributed by atoms with E-state index in [0.29, 0.717) is 12.8 Å². The molecule has 1 aliphatic carbocycles. The average molecular weight is 369 g/mol. The molecule has 9 heteroatoms. The molecule has 0 saturated heterocycles. The Bertz CT molecular complexity index is 674.